The SMILES string of the molecule is O=C(C1CCC1)N1CCCC(Cc2ccc(F)cc2F)(C(=O)O)C1. The molecule has 1 aliphatic carbocycles. The largest absolute Gasteiger partial charge is 0.481 e. The number of carbonyl (C=O) groups is 2. The number of rotatable bonds is 4. The van der Waals surface area contributed by atoms with Crippen molar-refractivity contribution < 1.29 is 23.5 Å². The number of piperidine rings is 1. The first-order valence-electron chi connectivity index (χ1n) is 8.37. The maximum absolute atomic E-state index is 14.0. The van der Waals surface area contributed by atoms with Crippen LogP contribution in [0.15, 0.2) is 18.2 Å². The highest BCUT2D eigenvalue weighted by Crippen LogP contribution is 2.37. The quantitative estimate of drug-likeness (QED) is 0.919. The normalized spacial score (nSPS) is 24.5. The molecule has 1 aliphatic heterocycles. The molecule has 1 saturated carbocycles. The van der Waals surface area contributed by atoms with Crippen molar-refractivity contribution in [1.82, 2.24) is 4.90 Å². The summed E-state index contributed by atoms with van der Waals surface area (Å²) in [4.78, 5) is 26.0. The van der Waals surface area contributed by atoms with Crippen LogP contribution in [0.2, 0.25) is 0 Å². The Morgan fingerprint density at radius 3 is 2.58 bits per heavy atom. The third-order valence-corrected chi connectivity index (χ3v) is 5.34. The van der Waals surface area contributed by atoms with E-state index in [0.717, 1.165) is 31.4 Å². The van der Waals surface area contributed by atoms with Crippen molar-refractivity contribution >= 4 is 11.9 Å². The van der Waals surface area contributed by atoms with Crippen molar-refractivity contribution in [3.63, 3.8) is 0 Å². The number of hydrogen-bond acceptors (Lipinski definition) is 2. The molecule has 3 rings (SSSR count). The molecule has 2 fully saturated rings. The van der Waals surface area contributed by atoms with Crippen LogP contribution in [0, 0.1) is 23.0 Å². The van der Waals surface area contributed by atoms with Gasteiger partial charge >= 0.3 is 5.97 Å². The average Bonchev–Trinajstić information content (AvgIpc) is 2.48. The number of hydrogen-bond donors (Lipinski definition) is 1. The number of benzene rings is 1. The van der Waals surface area contributed by atoms with E-state index in [1.165, 1.54) is 6.07 Å². The lowest BCUT2D eigenvalue weighted by Crippen LogP contribution is -2.53. The third-order valence-electron chi connectivity index (χ3n) is 5.34. The molecule has 1 unspecified atom stereocenters. The van der Waals surface area contributed by atoms with Crippen LogP contribution in [0.25, 0.3) is 0 Å². The van der Waals surface area contributed by atoms with Crippen molar-refractivity contribution in [1.29, 1.82) is 0 Å². The molecule has 1 atom stereocenters. The molecule has 0 spiro atoms. The van der Waals surface area contributed by atoms with Crippen LogP contribution < -0.4 is 0 Å². The molecule has 1 aromatic carbocycles. The molecule has 1 saturated heterocycles. The first kappa shape index (κ1) is 16.9. The van der Waals surface area contributed by atoms with Crippen molar-refractivity contribution in [2.75, 3.05) is 13.1 Å². The van der Waals surface area contributed by atoms with Crippen LogP contribution in [0.4, 0.5) is 8.78 Å². The molecule has 1 heterocycles. The number of likely N-dealkylation sites (tertiary alicyclic amines) is 1. The van der Waals surface area contributed by atoms with E-state index >= 15 is 0 Å². The second-order valence-corrected chi connectivity index (χ2v) is 6.99. The van der Waals surface area contributed by atoms with E-state index in [9.17, 15) is 23.5 Å². The summed E-state index contributed by atoms with van der Waals surface area (Å²) < 4.78 is 27.0. The van der Waals surface area contributed by atoms with E-state index in [-0.39, 0.29) is 30.4 Å². The number of amides is 1. The van der Waals surface area contributed by atoms with Gasteiger partial charge in [0.15, 0.2) is 0 Å². The molecule has 0 radical (unpaired) electrons. The second kappa shape index (κ2) is 6.49. The van der Waals surface area contributed by atoms with Crippen molar-refractivity contribution in [3.8, 4) is 0 Å². The number of aliphatic carboxylic acids is 1. The number of carboxylic acid groups (broad SMARTS) is 1. The summed E-state index contributed by atoms with van der Waals surface area (Å²) in [7, 11) is 0. The predicted molar refractivity (Wildman–Crippen MR) is 83.3 cm³/mol. The Hall–Kier alpha value is -1.98. The van der Waals surface area contributed by atoms with Crippen molar-refractivity contribution in [3.05, 3.63) is 35.4 Å². The van der Waals surface area contributed by atoms with Gasteiger partial charge in [0.2, 0.25) is 5.91 Å². The van der Waals surface area contributed by atoms with Crippen LogP contribution in [-0.4, -0.2) is 35.0 Å². The summed E-state index contributed by atoms with van der Waals surface area (Å²) in [6, 6.07) is 3.20. The van der Waals surface area contributed by atoms with Crippen LogP contribution in [0.5, 0.6) is 0 Å². The zero-order valence-corrected chi connectivity index (χ0v) is 13.4. The Kier molecular flexibility index (Phi) is 4.56. The predicted octanol–water partition coefficient (Wildman–Crippen LogP) is 3.00. The smallest absolute Gasteiger partial charge is 0.311 e. The van der Waals surface area contributed by atoms with E-state index in [1.54, 1.807) is 4.90 Å². The monoisotopic (exact) mass is 337 g/mol. The molecule has 4 nitrogen and oxygen atoms in total. The summed E-state index contributed by atoms with van der Waals surface area (Å²) in [5.74, 6) is -2.43. The molecular weight excluding hydrogens is 316 g/mol. The van der Waals surface area contributed by atoms with E-state index in [1.807, 2.05) is 0 Å². The van der Waals surface area contributed by atoms with Gasteiger partial charge in [0, 0.05) is 25.1 Å². The van der Waals surface area contributed by atoms with Gasteiger partial charge in [-0.2, -0.15) is 0 Å². The minimum Gasteiger partial charge on any atom is -0.481 e. The number of halogens is 2. The first-order chi connectivity index (χ1) is 11.4. The van der Waals surface area contributed by atoms with E-state index in [4.69, 9.17) is 0 Å². The van der Waals surface area contributed by atoms with Gasteiger partial charge in [0.05, 0.1) is 5.41 Å². The third kappa shape index (κ3) is 3.14. The summed E-state index contributed by atoms with van der Waals surface area (Å²) in [5, 5.41) is 9.77. The van der Waals surface area contributed by atoms with Gasteiger partial charge in [-0.3, -0.25) is 9.59 Å². The Morgan fingerprint density at radius 1 is 1.25 bits per heavy atom. The standard InChI is InChI=1S/C18H21F2NO3/c19-14-6-5-13(15(20)9-14)10-18(17(23)24)7-2-8-21(11-18)16(22)12-3-1-4-12/h5-6,9,12H,1-4,7-8,10-11H2,(H,23,24). The zero-order valence-electron chi connectivity index (χ0n) is 13.4. The molecule has 1 amide bonds. The maximum atomic E-state index is 14.0. The molecule has 6 heteroatoms. The zero-order chi connectivity index (χ0) is 17.3. The van der Waals surface area contributed by atoms with Gasteiger partial charge in [-0.05, 0) is 43.7 Å². The fourth-order valence-corrected chi connectivity index (χ4v) is 3.66. The lowest BCUT2D eigenvalue weighted by molar-refractivity contribution is -0.156. The number of carbonyl (C=O) groups excluding carboxylic acids is 1. The Bertz CT molecular complexity index is 660. The lowest BCUT2D eigenvalue weighted by atomic mass is 9.74. The highest BCUT2D eigenvalue weighted by atomic mass is 19.1. The van der Waals surface area contributed by atoms with Gasteiger partial charge < -0.3 is 10.0 Å². The Balaban J connectivity index is 1.82. The summed E-state index contributed by atoms with van der Waals surface area (Å²) in [6.45, 7) is 0.644. The highest BCUT2D eigenvalue weighted by Gasteiger charge is 2.45. The van der Waals surface area contributed by atoms with Crippen LogP contribution in [0.3, 0.4) is 0 Å². The number of nitrogens with zero attached hydrogens (tertiary/aromatic N) is 1. The fraction of sp³-hybridized carbons (Fsp3) is 0.556. The van der Waals surface area contributed by atoms with E-state index < -0.39 is 23.0 Å². The molecule has 130 valence electrons. The van der Waals surface area contributed by atoms with Crippen molar-refractivity contribution in [2.24, 2.45) is 11.3 Å². The molecule has 0 aromatic heterocycles. The van der Waals surface area contributed by atoms with Crippen molar-refractivity contribution in [2.45, 2.75) is 38.5 Å². The topological polar surface area (TPSA) is 57.6 Å². The van der Waals surface area contributed by atoms with Gasteiger partial charge in [0.1, 0.15) is 11.6 Å². The molecule has 1 N–H and O–H groups in total. The maximum Gasteiger partial charge on any atom is 0.311 e. The van der Waals surface area contributed by atoms with Crippen LogP contribution in [0.1, 0.15) is 37.7 Å². The fourth-order valence-electron chi connectivity index (χ4n) is 3.66. The molecule has 24 heavy (non-hydrogen) atoms. The first-order valence-corrected chi connectivity index (χ1v) is 8.37. The van der Waals surface area contributed by atoms with Gasteiger partial charge in [-0.1, -0.05) is 12.5 Å². The minimum absolute atomic E-state index is 0.0113. The molecule has 2 aliphatic rings. The summed E-state index contributed by atoms with van der Waals surface area (Å²) in [5.41, 5.74) is -1.03. The Labute approximate surface area is 139 Å². The van der Waals surface area contributed by atoms with E-state index in [2.05, 4.69) is 0 Å². The van der Waals surface area contributed by atoms with Gasteiger partial charge in [0.25, 0.3) is 0 Å². The second-order valence-electron chi connectivity index (χ2n) is 6.99. The Morgan fingerprint density at radius 2 is 2.00 bits per heavy atom. The minimum atomic E-state index is -1.21. The molecule has 1 aromatic rings. The summed E-state index contributed by atoms with van der Waals surface area (Å²) >= 11 is 0. The lowest BCUT2D eigenvalue weighted by Gasteiger charge is -2.42. The number of carboxylic acids is 1. The summed E-state index contributed by atoms with van der Waals surface area (Å²) in [6.07, 6.45) is 3.68. The van der Waals surface area contributed by atoms with Crippen LogP contribution in [-0.2, 0) is 16.0 Å². The highest BCUT2D eigenvalue weighted by molar-refractivity contribution is 5.82. The van der Waals surface area contributed by atoms with E-state index in [0.29, 0.717) is 19.4 Å². The van der Waals surface area contributed by atoms with Gasteiger partial charge in [-0.15, -0.1) is 0 Å². The van der Waals surface area contributed by atoms with Crippen LogP contribution >= 0.6 is 0 Å². The average molecular weight is 337 g/mol. The van der Waals surface area contributed by atoms with Gasteiger partial charge in [-0.25, -0.2) is 8.78 Å². The molecular formula is C18H21F2NO3. The molecule has 0 bridgehead atoms.